The number of aromatic nitrogens is 1. The minimum Gasteiger partial charge on any atom is -0.399 e. The average molecular weight is 307 g/mol. The molecule has 0 saturated carbocycles. The summed E-state index contributed by atoms with van der Waals surface area (Å²) in [4.78, 5) is 5.58. The lowest BCUT2D eigenvalue weighted by Crippen LogP contribution is -1.84. The van der Waals surface area contributed by atoms with Gasteiger partial charge < -0.3 is 5.73 Å². The van der Waals surface area contributed by atoms with Crippen LogP contribution in [0.2, 0.25) is 5.02 Å². The largest absolute Gasteiger partial charge is 0.399 e. The van der Waals surface area contributed by atoms with Crippen LogP contribution in [0, 0.1) is 6.92 Å². The molecular weight excluding hydrogens is 296 g/mol. The molecule has 2 aromatic carbocycles. The molecule has 2 N–H and O–H groups in total. The van der Waals surface area contributed by atoms with E-state index in [-0.39, 0.29) is 0 Å². The Morgan fingerprint density at radius 3 is 2.84 bits per heavy atom. The third-order valence-electron chi connectivity index (χ3n) is 2.68. The standard InChI is InChI=1S/C14H11ClN2S2/c1-8-2-4-11-13(6-8)19-14(17-11)18-12-5-3-9(16)7-10(12)15/h2-7H,16H2,1H3. The molecule has 19 heavy (non-hydrogen) atoms. The first-order chi connectivity index (χ1) is 9.11. The van der Waals surface area contributed by atoms with Gasteiger partial charge in [0.1, 0.15) is 0 Å². The lowest BCUT2D eigenvalue weighted by molar-refractivity contribution is 1.29. The maximum atomic E-state index is 6.18. The van der Waals surface area contributed by atoms with Crippen molar-refractivity contribution >= 4 is 50.6 Å². The SMILES string of the molecule is Cc1ccc2nc(Sc3ccc(N)cc3Cl)sc2c1. The lowest BCUT2D eigenvalue weighted by Gasteiger charge is -2.01. The zero-order valence-corrected chi connectivity index (χ0v) is 12.6. The molecule has 0 spiro atoms. The Kier molecular flexibility index (Phi) is 3.39. The van der Waals surface area contributed by atoms with Crippen LogP contribution >= 0.6 is 34.7 Å². The van der Waals surface area contributed by atoms with Crippen molar-refractivity contribution in [3.8, 4) is 0 Å². The van der Waals surface area contributed by atoms with Gasteiger partial charge in [0, 0.05) is 10.6 Å². The molecule has 3 aromatic rings. The van der Waals surface area contributed by atoms with E-state index in [0.29, 0.717) is 10.7 Å². The Bertz CT molecular complexity index is 752. The van der Waals surface area contributed by atoms with Crippen molar-refractivity contribution in [3.63, 3.8) is 0 Å². The van der Waals surface area contributed by atoms with Crippen molar-refractivity contribution in [3.05, 3.63) is 47.0 Å². The first kappa shape index (κ1) is 12.8. The van der Waals surface area contributed by atoms with E-state index in [2.05, 4.69) is 30.1 Å². The molecule has 0 fully saturated rings. The second-order valence-electron chi connectivity index (χ2n) is 4.24. The third kappa shape index (κ3) is 2.71. The molecular formula is C14H11ClN2S2. The Morgan fingerprint density at radius 1 is 1.21 bits per heavy atom. The van der Waals surface area contributed by atoms with Crippen LogP contribution in [0.15, 0.2) is 45.6 Å². The molecule has 1 aromatic heterocycles. The van der Waals surface area contributed by atoms with Gasteiger partial charge in [-0.1, -0.05) is 29.4 Å². The number of fused-ring (bicyclic) bond motifs is 1. The third-order valence-corrected chi connectivity index (χ3v) is 5.26. The van der Waals surface area contributed by atoms with Crippen molar-refractivity contribution in [1.82, 2.24) is 4.98 Å². The summed E-state index contributed by atoms with van der Waals surface area (Å²) in [5.74, 6) is 0. The van der Waals surface area contributed by atoms with Gasteiger partial charge in [-0.2, -0.15) is 0 Å². The highest BCUT2D eigenvalue weighted by Gasteiger charge is 2.08. The number of anilines is 1. The molecule has 0 bridgehead atoms. The van der Waals surface area contributed by atoms with E-state index in [1.165, 1.54) is 10.3 Å². The van der Waals surface area contributed by atoms with Gasteiger partial charge in [0.15, 0.2) is 4.34 Å². The molecule has 1 heterocycles. The van der Waals surface area contributed by atoms with Crippen molar-refractivity contribution in [2.24, 2.45) is 0 Å². The van der Waals surface area contributed by atoms with Crippen LogP contribution in [0.1, 0.15) is 5.56 Å². The van der Waals surface area contributed by atoms with Gasteiger partial charge >= 0.3 is 0 Å². The number of thiazole rings is 1. The molecule has 3 rings (SSSR count). The number of rotatable bonds is 2. The zero-order valence-electron chi connectivity index (χ0n) is 10.2. The predicted octanol–water partition coefficient (Wildman–Crippen LogP) is 4.99. The first-order valence-electron chi connectivity index (χ1n) is 5.72. The summed E-state index contributed by atoms with van der Waals surface area (Å²) in [6.45, 7) is 2.09. The first-order valence-corrected chi connectivity index (χ1v) is 7.73. The topological polar surface area (TPSA) is 38.9 Å². The van der Waals surface area contributed by atoms with Gasteiger partial charge in [-0.15, -0.1) is 11.3 Å². The number of nitrogen functional groups attached to an aromatic ring is 1. The summed E-state index contributed by atoms with van der Waals surface area (Å²) in [6.07, 6.45) is 0. The molecule has 5 heteroatoms. The molecule has 96 valence electrons. The monoisotopic (exact) mass is 306 g/mol. The normalized spacial score (nSPS) is 11.1. The van der Waals surface area contributed by atoms with Gasteiger partial charge in [0.05, 0.1) is 15.2 Å². The minimum atomic E-state index is 0.667. The molecule has 0 atom stereocenters. The molecule has 0 radical (unpaired) electrons. The molecule has 2 nitrogen and oxygen atoms in total. The molecule has 0 amide bonds. The summed E-state index contributed by atoms with van der Waals surface area (Å²) in [7, 11) is 0. The summed E-state index contributed by atoms with van der Waals surface area (Å²) >= 11 is 9.43. The summed E-state index contributed by atoms with van der Waals surface area (Å²) in [5, 5.41) is 0.667. The summed E-state index contributed by atoms with van der Waals surface area (Å²) in [5.41, 5.74) is 8.65. The second kappa shape index (κ2) is 5.04. The van der Waals surface area contributed by atoms with E-state index in [1.807, 2.05) is 12.1 Å². The fourth-order valence-corrected chi connectivity index (χ4v) is 4.18. The molecule has 0 unspecified atom stereocenters. The smallest absolute Gasteiger partial charge is 0.155 e. The van der Waals surface area contributed by atoms with Crippen LogP contribution in [-0.4, -0.2) is 4.98 Å². The number of nitrogens with zero attached hydrogens (tertiary/aromatic N) is 1. The van der Waals surface area contributed by atoms with E-state index in [0.717, 1.165) is 14.8 Å². The van der Waals surface area contributed by atoms with Crippen LogP contribution in [0.5, 0.6) is 0 Å². The maximum Gasteiger partial charge on any atom is 0.155 e. The molecule has 0 aliphatic carbocycles. The maximum absolute atomic E-state index is 6.18. The van der Waals surface area contributed by atoms with Crippen molar-refractivity contribution in [1.29, 1.82) is 0 Å². The van der Waals surface area contributed by atoms with Crippen molar-refractivity contribution in [2.45, 2.75) is 16.2 Å². The summed E-state index contributed by atoms with van der Waals surface area (Å²) in [6, 6.07) is 11.8. The highest BCUT2D eigenvalue weighted by atomic mass is 35.5. The molecule has 0 aliphatic heterocycles. The second-order valence-corrected chi connectivity index (χ2v) is 6.97. The average Bonchev–Trinajstić information content (AvgIpc) is 2.74. The lowest BCUT2D eigenvalue weighted by atomic mass is 10.2. The Morgan fingerprint density at radius 2 is 2.05 bits per heavy atom. The number of nitrogens with two attached hydrogens (primary N) is 1. The van der Waals surface area contributed by atoms with E-state index in [9.17, 15) is 0 Å². The number of benzene rings is 2. The Hall–Kier alpha value is -1.23. The fourth-order valence-electron chi connectivity index (χ4n) is 1.75. The Labute approximate surface area is 124 Å². The Balaban J connectivity index is 1.96. The fraction of sp³-hybridized carbons (Fsp3) is 0.0714. The van der Waals surface area contributed by atoms with Gasteiger partial charge in [-0.25, -0.2) is 4.98 Å². The quantitative estimate of drug-likeness (QED) is 0.678. The highest BCUT2D eigenvalue weighted by Crippen LogP contribution is 2.38. The minimum absolute atomic E-state index is 0.667. The molecule has 0 saturated heterocycles. The van der Waals surface area contributed by atoms with E-state index < -0.39 is 0 Å². The van der Waals surface area contributed by atoms with E-state index >= 15 is 0 Å². The van der Waals surface area contributed by atoms with Crippen LogP contribution in [0.4, 0.5) is 5.69 Å². The number of hydrogen-bond donors (Lipinski definition) is 1. The van der Waals surface area contributed by atoms with Gasteiger partial charge in [0.25, 0.3) is 0 Å². The van der Waals surface area contributed by atoms with E-state index in [4.69, 9.17) is 17.3 Å². The number of hydrogen-bond acceptors (Lipinski definition) is 4. The van der Waals surface area contributed by atoms with Crippen LogP contribution in [0.25, 0.3) is 10.2 Å². The van der Waals surface area contributed by atoms with Gasteiger partial charge in [-0.3, -0.25) is 0 Å². The van der Waals surface area contributed by atoms with Crippen molar-refractivity contribution < 1.29 is 0 Å². The van der Waals surface area contributed by atoms with Crippen LogP contribution in [-0.2, 0) is 0 Å². The van der Waals surface area contributed by atoms with Gasteiger partial charge in [-0.05, 0) is 42.8 Å². The molecule has 0 aliphatic rings. The number of aryl methyl sites for hydroxylation is 1. The zero-order chi connectivity index (χ0) is 13.4. The van der Waals surface area contributed by atoms with Crippen LogP contribution in [0.3, 0.4) is 0 Å². The number of halogens is 1. The van der Waals surface area contributed by atoms with Crippen molar-refractivity contribution in [2.75, 3.05) is 5.73 Å². The summed E-state index contributed by atoms with van der Waals surface area (Å²) < 4.78 is 2.20. The van der Waals surface area contributed by atoms with Gasteiger partial charge in [0.2, 0.25) is 0 Å². The van der Waals surface area contributed by atoms with Crippen LogP contribution < -0.4 is 5.73 Å². The highest BCUT2D eigenvalue weighted by molar-refractivity contribution is 8.01. The van der Waals surface area contributed by atoms with E-state index in [1.54, 1.807) is 29.2 Å². The predicted molar refractivity (Wildman–Crippen MR) is 84.3 cm³/mol.